The first-order valence-corrected chi connectivity index (χ1v) is 22.4. The third-order valence-electron chi connectivity index (χ3n) is 13.2. The van der Waals surface area contributed by atoms with Gasteiger partial charge in [-0.3, -0.25) is 14.4 Å². The molecule has 0 amide bonds. The minimum Gasteiger partial charge on any atom is -0.300 e. The summed E-state index contributed by atoms with van der Waals surface area (Å²) >= 11 is 0. The SMILES string of the molecule is CCC(=O)C1CCC(c2ccc(-c3ccc(CCCCCC(=O)CCCCCc4ccc(-c5ccc(C6CCC(C(=O)CC)CC6)cc5)cc4)cc3)cc2)CC1. The highest BCUT2D eigenvalue weighted by molar-refractivity contribution is 5.81. The van der Waals surface area contributed by atoms with Crippen LogP contribution >= 0.6 is 0 Å². The van der Waals surface area contributed by atoms with Crippen molar-refractivity contribution in [3.05, 3.63) is 119 Å². The quantitative estimate of drug-likeness (QED) is 0.0845. The number of unbranched alkanes of at least 4 members (excludes halogenated alkanes) is 4. The standard InChI is InChI=1S/C53H66O3/c1-3-52(55)49-35-31-47(32-36-49)45-27-23-43(24-28-45)41-19-15-39(16-20-41)11-7-5-9-13-51(54)14-10-6-8-12-40-17-21-42(22-18-40)44-25-29-46(30-26-44)48-33-37-50(38-34-48)53(56)4-2/h15-30,47-50H,3-14,31-38H2,1-2H3. The number of hydrogen-bond acceptors (Lipinski definition) is 3. The third-order valence-corrected chi connectivity index (χ3v) is 13.2. The zero-order chi connectivity index (χ0) is 39.1. The van der Waals surface area contributed by atoms with Crippen LogP contribution in [0.1, 0.15) is 164 Å². The second-order valence-corrected chi connectivity index (χ2v) is 17.0. The van der Waals surface area contributed by atoms with Gasteiger partial charge in [-0.1, -0.05) is 124 Å². The van der Waals surface area contributed by atoms with E-state index in [1.165, 1.54) is 44.5 Å². The summed E-state index contributed by atoms with van der Waals surface area (Å²) in [6, 6.07) is 36.3. The maximum absolute atomic E-state index is 12.5. The molecular weight excluding hydrogens is 685 g/mol. The topological polar surface area (TPSA) is 51.2 Å². The van der Waals surface area contributed by atoms with Crippen molar-refractivity contribution in [3.8, 4) is 22.3 Å². The molecule has 4 aromatic rings. The van der Waals surface area contributed by atoms with Crippen molar-refractivity contribution in [2.45, 2.75) is 154 Å². The summed E-state index contributed by atoms with van der Waals surface area (Å²) in [5.41, 5.74) is 10.6. The Balaban J connectivity index is 0.802. The molecule has 2 aliphatic rings. The fraction of sp³-hybridized carbons (Fsp3) is 0.491. The maximum atomic E-state index is 12.5. The van der Waals surface area contributed by atoms with Gasteiger partial charge in [0.05, 0.1) is 0 Å². The number of aryl methyl sites for hydroxylation is 2. The van der Waals surface area contributed by atoms with E-state index in [1.54, 1.807) is 0 Å². The third kappa shape index (κ3) is 12.0. The van der Waals surface area contributed by atoms with Crippen LogP contribution in [0.5, 0.6) is 0 Å². The lowest BCUT2D eigenvalue weighted by atomic mass is 9.76. The lowest BCUT2D eigenvalue weighted by Gasteiger charge is -2.28. The van der Waals surface area contributed by atoms with Gasteiger partial charge in [-0.15, -0.1) is 0 Å². The Labute approximate surface area is 338 Å². The molecule has 56 heavy (non-hydrogen) atoms. The summed E-state index contributed by atoms with van der Waals surface area (Å²) in [6.07, 6.45) is 20.0. The van der Waals surface area contributed by atoms with E-state index < -0.39 is 0 Å². The van der Waals surface area contributed by atoms with E-state index in [4.69, 9.17) is 0 Å². The number of rotatable bonds is 20. The summed E-state index contributed by atoms with van der Waals surface area (Å²) in [5, 5.41) is 0. The summed E-state index contributed by atoms with van der Waals surface area (Å²) in [7, 11) is 0. The van der Waals surface area contributed by atoms with Gasteiger partial charge < -0.3 is 0 Å². The number of benzene rings is 4. The van der Waals surface area contributed by atoms with E-state index in [1.807, 2.05) is 13.8 Å². The Kier molecular flexibility index (Phi) is 15.9. The fourth-order valence-electron chi connectivity index (χ4n) is 9.48. The van der Waals surface area contributed by atoms with Crippen LogP contribution in [0.25, 0.3) is 22.3 Å². The van der Waals surface area contributed by atoms with Crippen molar-refractivity contribution in [2.75, 3.05) is 0 Å². The number of ketones is 3. The van der Waals surface area contributed by atoms with Gasteiger partial charge >= 0.3 is 0 Å². The molecule has 0 N–H and O–H groups in total. The van der Waals surface area contributed by atoms with E-state index >= 15 is 0 Å². The summed E-state index contributed by atoms with van der Waals surface area (Å²) in [5.74, 6) is 3.06. The maximum Gasteiger partial charge on any atom is 0.135 e. The van der Waals surface area contributed by atoms with Gasteiger partial charge in [-0.2, -0.15) is 0 Å². The molecule has 3 nitrogen and oxygen atoms in total. The van der Waals surface area contributed by atoms with Crippen LogP contribution in [-0.4, -0.2) is 17.3 Å². The van der Waals surface area contributed by atoms with E-state index in [0.29, 0.717) is 42.0 Å². The van der Waals surface area contributed by atoms with Gasteiger partial charge in [-0.05, 0) is 146 Å². The molecule has 0 unspecified atom stereocenters. The van der Waals surface area contributed by atoms with Crippen LogP contribution in [-0.2, 0) is 27.2 Å². The molecule has 6 rings (SSSR count). The first-order valence-electron chi connectivity index (χ1n) is 22.4. The molecular formula is C53H66O3. The van der Waals surface area contributed by atoms with Crippen molar-refractivity contribution in [1.29, 1.82) is 0 Å². The molecule has 0 saturated heterocycles. The summed E-state index contributed by atoms with van der Waals surface area (Å²) in [4.78, 5) is 36.7. The molecule has 2 aliphatic carbocycles. The van der Waals surface area contributed by atoms with E-state index in [-0.39, 0.29) is 11.8 Å². The number of Topliss-reactive ketones (excluding diaryl/α,β-unsaturated/α-hetero) is 3. The highest BCUT2D eigenvalue weighted by Gasteiger charge is 2.27. The summed E-state index contributed by atoms with van der Waals surface area (Å²) in [6.45, 7) is 3.98. The second kappa shape index (κ2) is 21.4. The highest BCUT2D eigenvalue weighted by atomic mass is 16.1. The van der Waals surface area contributed by atoms with Crippen LogP contribution in [0.3, 0.4) is 0 Å². The van der Waals surface area contributed by atoms with E-state index in [0.717, 1.165) is 116 Å². The fourth-order valence-corrected chi connectivity index (χ4v) is 9.48. The lowest BCUT2D eigenvalue weighted by molar-refractivity contribution is -0.124. The molecule has 296 valence electrons. The van der Waals surface area contributed by atoms with Crippen molar-refractivity contribution >= 4 is 17.3 Å². The van der Waals surface area contributed by atoms with Gasteiger partial charge in [0.1, 0.15) is 17.3 Å². The Morgan fingerprint density at radius 3 is 1.05 bits per heavy atom. The molecule has 0 aliphatic heterocycles. The largest absolute Gasteiger partial charge is 0.300 e. The summed E-state index contributed by atoms with van der Waals surface area (Å²) < 4.78 is 0. The van der Waals surface area contributed by atoms with Crippen molar-refractivity contribution < 1.29 is 14.4 Å². The van der Waals surface area contributed by atoms with E-state index in [2.05, 4.69) is 97.1 Å². The Hall–Kier alpha value is -4.11. The first kappa shape index (κ1) is 41.5. The van der Waals surface area contributed by atoms with Crippen LogP contribution in [0.2, 0.25) is 0 Å². The monoisotopic (exact) mass is 751 g/mol. The average molecular weight is 751 g/mol. The molecule has 0 radical (unpaired) electrons. The smallest absolute Gasteiger partial charge is 0.135 e. The predicted octanol–water partition coefficient (Wildman–Crippen LogP) is 14.0. The van der Waals surface area contributed by atoms with Gasteiger partial charge in [0.2, 0.25) is 0 Å². The van der Waals surface area contributed by atoms with Crippen LogP contribution in [0.15, 0.2) is 97.1 Å². The first-order chi connectivity index (χ1) is 27.4. The predicted molar refractivity (Wildman–Crippen MR) is 233 cm³/mol. The minimum absolute atomic E-state index is 0.289. The molecule has 0 aromatic heterocycles. The van der Waals surface area contributed by atoms with Crippen LogP contribution in [0, 0.1) is 11.8 Å². The Bertz CT molecular complexity index is 1670. The van der Waals surface area contributed by atoms with Crippen molar-refractivity contribution in [3.63, 3.8) is 0 Å². The normalized spacial score (nSPS) is 19.8. The zero-order valence-corrected chi connectivity index (χ0v) is 34.4. The molecule has 4 aromatic carbocycles. The van der Waals surface area contributed by atoms with Crippen LogP contribution in [0.4, 0.5) is 0 Å². The van der Waals surface area contributed by atoms with Gasteiger partial charge in [0.25, 0.3) is 0 Å². The molecule has 3 heteroatoms. The number of hydrogen-bond donors (Lipinski definition) is 0. The Morgan fingerprint density at radius 2 is 0.732 bits per heavy atom. The zero-order valence-electron chi connectivity index (χ0n) is 34.4. The highest BCUT2D eigenvalue weighted by Crippen LogP contribution is 2.38. The molecule has 0 heterocycles. The van der Waals surface area contributed by atoms with Gasteiger partial charge in [-0.25, -0.2) is 0 Å². The molecule has 0 atom stereocenters. The van der Waals surface area contributed by atoms with Crippen LogP contribution < -0.4 is 0 Å². The molecule has 2 saturated carbocycles. The number of carbonyl (C=O) groups excluding carboxylic acids is 3. The van der Waals surface area contributed by atoms with Crippen molar-refractivity contribution in [2.24, 2.45) is 11.8 Å². The average Bonchev–Trinajstić information content (AvgIpc) is 3.26. The minimum atomic E-state index is 0.289. The second-order valence-electron chi connectivity index (χ2n) is 17.0. The number of carbonyl (C=O) groups is 3. The van der Waals surface area contributed by atoms with Gasteiger partial charge in [0.15, 0.2) is 0 Å². The molecule has 2 fully saturated rings. The van der Waals surface area contributed by atoms with Gasteiger partial charge in [0, 0.05) is 37.5 Å². The lowest BCUT2D eigenvalue weighted by Crippen LogP contribution is -2.20. The van der Waals surface area contributed by atoms with E-state index in [9.17, 15) is 14.4 Å². The Morgan fingerprint density at radius 1 is 0.411 bits per heavy atom. The molecule has 0 spiro atoms. The van der Waals surface area contributed by atoms with Crippen molar-refractivity contribution in [1.82, 2.24) is 0 Å². The molecule has 0 bridgehead atoms.